The molecule has 38 heavy (non-hydrogen) atoms. The molecule has 1 aromatic carbocycles. The van der Waals surface area contributed by atoms with E-state index in [4.69, 9.17) is 14.8 Å². The van der Waals surface area contributed by atoms with Crippen molar-refractivity contribution in [1.29, 1.82) is 0 Å². The van der Waals surface area contributed by atoms with Gasteiger partial charge in [0.25, 0.3) is 0 Å². The average Bonchev–Trinajstić information content (AvgIpc) is 2.93. The summed E-state index contributed by atoms with van der Waals surface area (Å²) >= 11 is 0. The molecule has 0 unspecified atom stereocenters. The first-order chi connectivity index (χ1) is 18.4. The maximum atomic E-state index is 11.5. The van der Waals surface area contributed by atoms with Crippen LogP contribution in [0.4, 0.5) is 10.1 Å². The monoisotopic (exact) mass is 532 g/mol. The Hall–Kier alpha value is -3.48. The Kier molecular flexibility index (Phi) is 30.6. The van der Waals surface area contributed by atoms with Crippen LogP contribution in [0.1, 0.15) is 77.8 Å². The molecule has 6 nitrogen and oxygen atoms in total. The Morgan fingerprint density at radius 2 is 1.79 bits per heavy atom. The lowest BCUT2D eigenvalue weighted by atomic mass is 10.1. The van der Waals surface area contributed by atoms with Gasteiger partial charge in [0, 0.05) is 19.4 Å². The molecule has 0 spiro atoms. The standard InChI is InChI=1S/C23H30N2O4.C4H7F.2C2H6/c1-4-15-25(18-26)22(11-7-8-12-23(27)28)24-21-17-20(14-13-19(21)2)10-6-5-9-16-29-3;1-2-3-4-5;2*1-2/h4-6,9,13-14,16-18H,1,7-8,10-12,15H2,2-3H3,(H,27,28);3-4H,2H2,1H3;2*1-2H3/b6-5?,16-9-,24-22?;4-3+;;. The first kappa shape index (κ1) is 39.0. The molecule has 0 radical (unpaired) electrons. The van der Waals surface area contributed by atoms with Gasteiger partial charge in [-0.3, -0.25) is 14.5 Å². The van der Waals surface area contributed by atoms with Crippen LogP contribution < -0.4 is 0 Å². The lowest BCUT2D eigenvalue weighted by Gasteiger charge is -2.18. The molecule has 0 aliphatic heterocycles. The van der Waals surface area contributed by atoms with E-state index in [0.29, 0.717) is 38.0 Å². The van der Waals surface area contributed by atoms with Crippen LogP contribution in [0.2, 0.25) is 0 Å². The van der Waals surface area contributed by atoms with Crippen LogP contribution in [0.15, 0.2) is 72.7 Å². The first-order valence-corrected chi connectivity index (χ1v) is 13.2. The van der Waals surface area contributed by atoms with E-state index in [0.717, 1.165) is 36.1 Å². The number of aliphatic imine (C=N–C) groups is 1. The summed E-state index contributed by atoms with van der Waals surface area (Å²) in [4.78, 5) is 28.5. The van der Waals surface area contributed by atoms with Crippen molar-refractivity contribution in [3.05, 3.63) is 78.9 Å². The molecule has 1 aromatic rings. The van der Waals surface area contributed by atoms with E-state index < -0.39 is 5.97 Å². The number of hydrogen-bond donors (Lipinski definition) is 1. The lowest BCUT2D eigenvalue weighted by Crippen LogP contribution is -2.29. The molecular formula is C31H49FN2O4. The topological polar surface area (TPSA) is 79.2 Å². The lowest BCUT2D eigenvalue weighted by molar-refractivity contribution is -0.137. The highest BCUT2D eigenvalue weighted by Gasteiger charge is 2.11. The first-order valence-electron chi connectivity index (χ1n) is 13.2. The van der Waals surface area contributed by atoms with Crippen LogP contribution in [0.3, 0.4) is 0 Å². The number of amides is 1. The van der Waals surface area contributed by atoms with Gasteiger partial charge in [0.1, 0.15) is 5.84 Å². The average molecular weight is 533 g/mol. The summed E-state index contributed by atoms with van der Waals surface area (Å²) in [5.74, 6) is -0.206. The van der Waals surface area contributed by atoms with Crippen LogP contribution in [0.5, 0.6) is 0 Å². The Bertz CT molecular complexity index is 861. The molecule has 1 rings (SSSR count). The predicted octanol–water partition coefficient (Wildman–Crippen LogP) is 8.51. The zero-order valence-electron chi connectivity index (χ0n) is 24.5. The highest BCUT2D eigenvalue weighted by Crippen LogP contribution is 2.22. The van der Waals surface area contributed by atoms with Crippen molar-refractivity contribution in [1.82, 2.24) is 4.90 Å². The molecule has 7 heteroatoms. The highest BCUT2D eigenvalue weighted by molar-refractivity contribution is 5.92. The minimum absolute atomic E-state index is 0.105. The van der Waals surface area contributed by atoms with E-state index in [1.807, 2.05) is 78.0 Å². The van der Waals surface area contributed by atoms with Gasteiger partial charge >= 0.3 is 5.97 Å². The van der Waals surface area contributed by atoms with Crippen molar-refractivity contribution in [2.45, 2.75) is 80.1 Å². The number of nitrogens with zero attached hydrogens (tertiary/aromatic N) is 2. The van der Waals surface area contributed by atoms with Gasteiger partial charge in [0.15, 0.2) is 0 Å². The number of carboxylic acids is 1. The van der Waals surface area contributed by atoms with E-state index >= 15 is 0 Å². The van der Waals surface area contributed by atoms with E-state index in [1.165, 1.54) is 11.0 Å². The third kappa shape index (κ3) is 21.8. The molecule has 0 saturated carbocycles. The van der Waals surface area contributed by atoms with Crippen molar-refractivity contribution >= 4 is 23.9 Å². The summed E-state index contributed by atoms with van der Waals surface area (Å²) in [6.45, 7) is 15.9. The summed E-state index contributed by atoms with van der Waals surface area (Å²) in [6.07, 6.45) is 15.1. The second-order valence-electron chi connectivity index (χ2n) is 7.26. The largest absolute Gasteiger partial charge is 0.504 e. The number of benzene rings is 1. The van der Waals surface area contributed by atoms with E-state index in [-0.39, 0.29) is 6.42 Å². The molecule has 1 N–H and O–H groups in total. The second-order valence-corrected chi connectivity index (χ2v) is 7.26. The molecule has 0 aromatic heterocycles. The van der Waals surface area contributed by atoms with Crippen molar-refractivity contribution in [3.63, 3.8) is 0 Å². The highest BCUT2D eigenvalue weighted by atomic mass is 19.1. The molecule has 0 atom stereocenters. The maximum Gasteiger partial charge on any atom is 0.303 e. The van der Waals surface area contributed by atoms with Gasteiger partial charge in [-0.2, -0.15) is 0 Å². The van der Waals surface area contributed by atoms with Crippen LogP contribution in [-0.4, -0.2) is 41.9 Å². The number of hydrogen-bond acceptors (Lipinski definition) is 4. The summed E-state index contributed by atoms with van der Waals surface area (Å²) in [7, 11) is 1.60. The molecule has 0 aliphatic carbocycles. The number of carbonyl (C=O) groups excluding carboxylic acids is 1. The SMILES string of the molecule is C=CCN(C=O)C(CCCCC(=O)O)=Nc1cc(CC=C/C=C\OC)ccc1C.CC.CC.CC/C=C/F. The Balaban J connectivity index is -0.00000119. The molecule has 0 heterocycles. The van der Waals surface area contributed by atoms with Gasteiger partial charge in [-0.15, -0.1) is 6.58 Å². The summed E-state index contributed by atoms with van der Waals surface area (Å²) < 4.78 is 15.7. The summed E-state index contributed by atoms with van der Waals surface area (Å²) in [5, 5.41) is 8.81. The number of amidine groups is 1. The van der Waals surface area contributed by atoms with Crippen LogP contribution in [0, 0.1) is 6.92 Å². The van der Waals surface area contributed by atoms with Crippen molar-refractivity contribution in [3.8, 4) is 0 Å². The van der Waals surface area contributed by atoms with Crippen molar-refractivity contribution < 1.29 is 23.8 Å². The zero-order chi connectivity index (χ0) is 29.6. The van der Waals surface area contributed by atoms with Crippen LogP contribution in [-0.2, 0) is 20.7 Å². The summed E-state index contributed by atoms with van der Waals surface area (Å²) in [6, 6.07) is 6.06. The van der Waals surface area contributed by atoms with Crippen LogP contribution >= 0.6 is 0 Å². The number of rotatable bonds is 14. The summed E-state index contributed by atoms with van der Waals surface area (Å²) in [5.41, 5.74) is 2.90. The zero-order valence-corrected chi connectivity index (χ0v) is 24.5. The third-order valence-corrected chi connectivity index (χ3v) is 4.49. The quantitative estimate of drug-likeness (QED) is 0.0495. The van der Waals surface area contributed by atoms with Gasteiger partial charge in [-0.1, -0.05) is 71.1 Å². The van der Waals surface area contributed by atoms with Gasteiger partial charge in [0.05, 0.1) is 25.4 Å². The maximum absolute atomic E-state index is 11.5. The number of unbranched alkanes of at least 4 members (excludes halogenated alkanes) is 1. The fraction of sp³-hybridized carbons (Fsp3) is 0.452. The number of aliphatic carboxylic acids is 1. The van der Waals surface area contributed by atoms with Crippen LogP contribution in [0.25, 0.3) is 0 Å². The minimum Gasteiger partial charge on any atom is -0.504 e. The Morgan fingerprint density at radius 1 is 1.13 bits per heavy atom. The normalized spacial score (nSPS) is 10.6. The van der Waals surface area contributed by atoms with Gasteiger partial charge in [-0.25, -0.2) is 9.38 Å². The minimum atomic E-state index is -0.821. The van der Waals surface area contributed by atoms with Gasteiger partial charge in [0.2, 0.25) is 6.41 Å². The number of methoxy groups -OCH3 is 1. The number of halogens is 1. The predicted molar refractivity (Wildman–Crippen MR) is 160 cm³/mol. The molecule has 0 aliphatic rings. The fourth-order valence-electron chi connectivity index (χ4n) is 2.71. The van der Waals surface area contributed by atoms with E-state index in [9.17, 15) is 14.0 Å². The van der Waals surface area contributed by atoms with Crippen molar-refractivity contribution in [2.75, 3.05) is 13.7 Å². The smallest absolute Gasteiger partial charge is 0.303 e. The molecular weight excluding hydrogens is 483 g/mol. The third-order valence-electron chi connectivity index (χ3n) is 4.49. The number of carboxylic acid groups (broad SMARTS) is 1. The molecule has 1 amide bonds. The van der Waals surface area contributed by atoms with Gasteiger partial charge in [-0.05, 0) is 55.9 Å². The molecule has 214 valence electrons. The molecule has 0 fully saturated rings. The van der Waals surface area contributed by atoms with Gasteiger partial charge < -0.3 is 9.84 Å². The number of allylic oxidation sites excluding steroid dienone is 4. The Labute approximate surface area is 230 Å². The fourth-order valence-corrected chi connectivity index (χ4v) is 2.71. The molecule has 0 saturated heterocycles. The number of ether oxygens (including phenoxy) is 1. The number of aryl methyl sites for hydroxylation is 1. The Morgan fingerprint density at radius 3 is 2.29 bits per heavy atom. The number of carbonyl (C=O) groups is 2. The van der Waals surface area contributed by atoms with E-state index in [1.54, 1.807) is 19.4 Å². The van der Waals surface area contributed by atoms with Crippen molar-refractivity contribution in [2.24, 2.45) is 4.99 Å². The van der Waals surface area contributed by atoms with E-state index in [2.05, 4.69) is 6.58 Å². The second kappa shape index (κ2) is 29.7. The molecule has 0 bridgehead atoms.